The summed E-state index contributed by atoms with van der Waals surface area (Å²) >= 11 is 0. The van der Waals surface area contributed by atoms with Crippen molar-refractivity contribution in [3.05, 3.63) is 70.0 Å². The minimum Gasteiger partial charge on any atom is -0.494 e. The Morgan fingerprint density at radius 2 is 1.90 bits per heavy atom. The van der Waals surface area contributed by atoms with Gasteiger partial charge >= 0.3 is 0 Å². The van der Waals surface area contributed by atoms with E-state index in [1.165, 1.54) is 16.6 Å². The molecule has 30 heavy (non-hydrogen) atoms. The van der Waals surface area contributed by atoms with E-state index in [-0.39, 0.29) is 22.8 Å². The van der Waals surface area contributed by atoms with Gasteiger partial charge in [0.05, 0.1) is 12.8 Å². The molecule has 3 heterocycles. The maximum absolute atomic E-state index is 13.8. The Hall–Kier alpha value is -3.94. The zero-order valence-electron chi connectivity index (χ0n) is 16.5. The maximum Gasteiger partial charge on any atom is 0.285 e. The van der Waals surface area contributed by atoms with Crippen molar-refractivity contribution in [2.24, 2.45) is 0 Å². The smallest absolute Gasteiger partial charge is 0.285 e. The number of aryl methyl sites for hydroxylation is 2. The van der Waals surface area contributed by atoms with Crippen LogP contribution in [0.3, 0.4) is 0 Å². The molecule has 7 nitrogen and oxygen atoms in total. The largest absolute Gasteiger partial charge is 0.494 e. The van der Waals surface area contributed by atoms with E-state index >= 15 is 0 Å². The second-order valence-corrected chi connectivity index (χ2v) is 6.98. The quantitative estimate of drug-likeness (QED) is 0.486. The van der Waals surface area contributed by atoms with Gasteiger partial charge in [0, 0.05) is 11.3 Å². The van der Waals surface area contributed by atoms with Crippen LogP contribution in [0.15, 0.2) is 51.7 Å². The number of hydrogen-bond acceptors (Lipinski definition) is 5. The Morgan fingerprint density at radius 1 is 1.10 bits per heavy atom. The first-order valence-electron chi connectivity index (χ1n) is 9.29. The number of rotatable bonds is 3. The summed E-state index contributed by atoms with van der Waals surface area (Å²) in [5.74, 6) is 0.360. The third kappa shape index (κ3) is 2.61. The van der Waals surface area contributed by atoms with Gasteiger partial charge in [-0.1, -0.05) is 18.2 Å². The van der Waals surface area contributed by atoms with Gasteiger partial charge < -0.3 is 9.15 Å². The number of nitrogens with zero attached hydrogens (tertiary/aromatic N) is 3. The second kappa shape index (κ2) is 6.55. The lowest BCUT2D eigenvalue weighted by Gasteiger charge is -2.04. The molecule has 1 N–H and O–H groups in total. The van der Waals surface area contributed by atoms with E-state index in [9.17, 15) is 9.18 Å². The summed E-state index contributed by atoms with van der Waals surface area (Å²) in [6, 6.07) is 11.5. The molecule has 0 aliphatic rings. The SMILES string of the molecule is COc1cccc2oc(-c3c(C)nc4c(-c5cccc(F)c5)c(C)[nH]n4c3=O)nc12. The van der Waals surface area contributed by atoms with Gasteiger partial charge in [-0.25, -0.2) is 18.9 Å². The summed E-state index contributed by atoms with van der Waals surface area (Å²) in [7, 11) is 1.55. The summed E-state index contributed by atoms with van der Waals surface area (Å²) in [5, 5.41) is 3.03. The van der Waals surface area contributed by atoms with E-state index in [1.807, 2.05) is 6.92 Å². The predicted octanol–water partition coefficient (Wildman–Crippen LogP) is 4.26. The third-order valence-corrected chi connectivity index (χ3v) is 5.07. The first kappa shape index (κ1) is 18.1. The highest BCUT2D eigenvalue weighted by atomic mass is 19.1. The molecule has 8 heteroatoms. The molecule has 0 saturated heterocycles. The van der Waals surface area contributed by atoms with Gasteiger partial charge in [0.1, 0.15) is 17.1 Å². The molecule has 0 amide bonds. The van der Waals surface area contributed by atoms with Crippen molar-refractivity contribution in [2.45, 2.75) is 13.8 Å². The normalized spacial score (nSPS) is 11.5. The van der Waals surface area contributed by atoms with Crippen molar-refractivity contribution in [2.75, 3.05) is 7.11 Å². The number of halogens is 1. The molecule has 0 spiro atoms. The van der Waals surface area contributed by atoms with Crippen molar-refractivity contribution < 1.29 is 13.5 Å². The number of hydrogen-bond donors (Lipinski definition) is 1. The number of methoxy groups -OCH3 is 1. The molecular formula is C22H17FN4O3. The minimum absolute atomic E-state index is 0.165. The lowest BCUT2D eigenvalue weighted by Crippen LogP contribution is -2.19. The van der Waals surface area contributed by atoms with Gasteiger partial charge in [-0.15, -0.1) is 0 Å². The van der Waals surface area contributed by atoms with Crippen LogP contribution in [0.5, 0.6) is 5.75 Å². The Balaban J connectivity index is 1.77. The number of benzene rings is 2. The van der Waals surface area contributed by atoms with Crippen LogP contribution in [0.4, 0.5) is 4.39 Å². The zero-order valence-corrected chi connectivity index (χ0v) is 16.5. The number of oxazole rings is 1. The van der Waals surface area contributed by atoms with Crippen LogP contribution in [-0.4, -0.2) is 26.7 Å². The van der Waals surface area contributed by atoms with Crippen LogP contribution >= 0.6 is 0 Å². The number of aromatic amines is 1. The molecule has 150 valence electrons. The minimum atomic E-state index is -0.359. The molecule has 0 atom stereocenters. The number of aromatic nitrogens is 4. The van der Waals surface area contributed by atoms with Gasteiger partial charge in [0.25, 0.3) is 5.56 Å². The Kier molecular flexibility index (Phi) is 3.95. The molecule has 0 bridgehead atoms. The summed E-state index contributed by atoms with van der Waals surface area (Å²) in [5.41, 5.74) is 3.81. The maximum atomic E-state index is 13.8. The van der Waals surface area contributed by atoms with Crippen LogP contribution in [0.1, 0.15) is 11.4 Å². The van der Waals surface area contributed by atoms with E-state index in [0.29, 0.717) is 45.0 Å². The fraction of sp³-hybridized carbons (Fsp3) is 0.136. The van der Waals surface area contributed by atoms with Crippen LogP contribution < -0.4 is 10.3 Å². The molecule has 0 aliphatic heterocycles. The van der Waals surface area contributed by atoms with Crippen LogP contribution in [-0.2, 0) is 0 Å². The molecule has 0 unspecified atom stereocenters. The van der Waals surface area contributed by atoms with Gasteiger partial charge in [-0.3, -0.25) is 9.89 Å². The molecule has 3 aromatic heterocycles. The lowest BCUT2D eigenvalue weighted by molar-refractivity contribution is 0.419. The van der Waals surface area contributed by atoms with E-state index in [1.54, 1.807) is 44.4 Å². The summed E-state index contributed by atoms with van der Waals surface area (Å²) in [4.78, 5) is 22.4. The summed E-state index contributed by atoms with van der Waals surface area (Å²) < 4.78 is 26.3. The average molecular weight is 404 g/mol. The number of fused-ring (bicyclic) bond motifs is 2. The fourth-order valence-corrected chi connectivity index (χ4v) is 3.72. The van der Waals surface area contributed by atoms with Gasteiger partial charge in [-0.2, -0.15) is 0 Å². The average Bonchev–Trinajstić information content (AvgIpc) is 3.28. The summed E-state index contributed by atoms with van der Waals surface area (Å²) in [6.07, 6.45) is 0. The second-order valence-electron chi connectivity index (χ2n) is 6.98. The van der Waals surface area contributed by atoms with Crippen LogP contribution in [0.25, 0.3) is 39.3 Å². The van der Waals surface area contributed by atoms with E-state index in [2.05, 4.69) is 15.1 Å². The highest BCUT2D eigenvalue weighted by Crippen LogP contribution is 2.31. The molecule has 0 fully saturated rings. The molecule has 0 saturated carbocycles. The first-order valence-corrected chi connectivity index (χ1v) is 9.29. The van der Waals surface area contributed by atoms with Gasteiger partial charge in [-0.05, 0) is 43.7 Å². The van der Waals surface area contributed by atoms with Crippen molar-refractivity contribution in [1.29, 1.82) is 0 Å². The number of ether oxygens (including phenoxy) is 1. The van der Waals surface area contributed by atoms with E-state index < -0.39 is 0 Å². The first-order chi connectivity index (χ1) is 14.5. The molecule has 5 rings (SSSR count). The predicted molar refractivity (Wildman–Crippen MR) is 110 cm³/mol. The molecular weight excluding hydrogens is 387 g/mol. The highest BCUT2D eigenvalue weighted by Gasteiger charge is 2.22. The summed E-state index contributed by atoms with van der Waals surface area (Å²) in [6.45, 7) is 3.54. The van der Waals surface area contributed by atoms with Crippen molar-refractivity contribution >= 4 is 16.7 Å². The standard InChI is InChI=1S/C22H17FN4O3/c1-11-18(21-25-19-15(29-3)8-5-9-16(19)30-21)22(28)27-20(24-11)17(12(2)26-27)13-6-4-7-14(23)10-13/h4-10,26H,1-3H3. The topological polar surface area (TPSA) is 85.4 Å². The molecule has 0 aliphatic carbocycles. The van der Waals surface area contributed by atoms with Crippen LogP contribution in [0.2, 0.25) is 0 Å². The Bertz CT molecular complexity index is 1500. The Morgan fingerprint density at radius 3 is 2.67 bits per heavy atom. The number of nitrogens with one attached hydrogen (secondary N) is 1. The van der Waals surface area contributed by atoms with E-state index in [4.69, 9.17) is 9.15 Å². The number of para-hydroxylation sites is 1. The van der Waals surface area contributed by atoms with Crippen molar-refractivity contribution in [3.8, 4) is 28.3 Å². The van der Waals surface area contributed by atoms with Gasteiger partial charge in [0.15, 0.2) is 16.7 Å². The Labute approximate surface area is 169 Å². The third-order valence-electron chi connectivity index (χ3n) is 5.07. The monoisotopic (exact) mass is 404 g/mol. The molecule has 2 aromatic carbocycles. The van der Waals surface area contributed by atoms with Crippen LogP contribution in [0, 0.1) is 19.7 Å². The lowest BCUT2D eigenvalue weighted by atomic mass is 10.1. The highest BCUT2D eigenvalue weighted by molar-refractivity contribution is 5.83. The zero-order chi connectivity index (χ0) is 21.0. The number of H-pyrrole nitrogens is 1. The van der Waals surface area contributed by atoms with E-state index in [0.717, 1.165) is 0 Å². The fourth-order valence-electron chi connectivity index (χ4n) is 3.72. The van der Waals surface area contributed by atoms with Crippen molar-refractivity contribution in [1.82, 2.24) is 19.6 Å². The molecule has 0 radical (unpaired) electrons. The van der Waals surface area contributed by atoms with Gasteiger partial charge in [0.2, 0.25) is 5.89 Å². The molecule has 5 aromatic rings. The van der Waals surface area contributed by atoms with Crippen molar-refractivity contribution in [3.63, 3.8) is 0 Å².